The molecule has 4 N–H and O–H groups in total. The summed E-state index contributed by atoms with van der Waals surface area (Å²) < 4.78 is 45.1. The number of anilines is 2. The fourth-order valence-corrected chi connectivity index (χ4v) is 17.8. The van der Waals surface area contributed by atoms with E-state index in [9.17, 15) is 48.6 Å². The number of carboxylic acids is 2. The van der Waals surface area contributed by atoms with Gasteiger partial charge < -0.3 is 63.8 Å². The van der Waals surface area contributed by atoms with Gasteiger partial charge in [-0.3, -0.25) is 38.4 Å². The normalized spacial score (nSPS) is 27.0. The van der Waals surface area contributed by atoms with Crippen LogP contribution >= 0.6 is 0 Å². The van der Waals surface area contributed by atoms with Crippen LogP contribution in [0.2, 0.25) is 0 Å². The molecule has 0 radical (unpaired) electrons. The van der Waals surface area contributed by atoms with Crippen molar-refractivity contribution in [3.63, 3.8) is 0 Å². The summed E-state index contributed by atoms with van der Waals surface area (Å²) in [6, 6.07) is 16.7. The predicted octanol–water partition coefficient (Wildman–Crippen LogP) is 12.7. The minimum Gasteiger partial charge on any atom is -0.497 e. The quantitative estimate of drug-likeness (QED) is 0.0169. The van der Waals surface area contributed by atoms with Crippen molar-refractivity contribution in [1.29, 1.82) is 0 Å². The van der Waals surface area contributed by atoms with Crippen LogP contribution in [0.4, 0.5) is 11.6 Å². The van der Waals surface area contributed by atoms with Gasteiger partial charge in [0.2, 0.25) is 11.8 Å². The van der Waals surface area contributed by atoms with Gasteiger partial charge >= 0.3 is 23.9 Å². The zero-order valence-electron chi connectivity index (χ0n) is 67.5. The summed E-state index contributed by atoms with van der Waals surface area (Å²) in [6.45, 7) is 26.2. The molecule has 8 aliphatic rings. The Balaban J connectivity index is 0.000000198. The number of nitrogens with one attached hydrogen (secondary N) is 2. The number of rotatable bonds is 33. The number of carboxylic acid groups (broad SMARTS) is 2. The lowest BCUT2D eigenvalue weighted by molar-refractivity contribution is -0.157. The van der Waals surface area contributed by atoms with Gasteiger partial charge in [-0.15, -0.1) is 16.8 Å². The lowest BCUT2D eigenvalue weighted by atomic mass is 9.77. The average Bonchev–Trinajstić information content (AvgIpc) is 1.58. The maximum Gasteiger partial charge on any atom is 0.310 e. The zero-order valence-corrected chi connectivity index (χ0v) is 67.5. The SMILES string of the molecule is C=C[C@@H]1C[C@]1(CC(=O)[C@@H]1C[C@@H](Oc2cc(-n3ccc(NC(C)C)n3)nc3cc(OC)ccc23)CN1C(=O)[C@@H](CC(=O)OC1C[C@@H]2C[C@@H]2C1)C(C)(C)C)C(=O)O.CC[C@@H]1C[C@]1(CC(=O)[C@@H]1C[C@@H](Oc2cc(-n3ccc(NC(C)C)n3)nc3cc(OCCOC)ccc23)CN1C(=O)[C@@H](CC(=O)OC1C[C@@H]2C[C@@H]2C1)C(C)(C)C)C(=O)O. The number of aliphatic carboxylic acids is 2. The maximum atomic E-state index is 14.8. The van der Waals surface area contributed by atoms with E-state index in [1.807, 2.05) is 119 Å². The first kappa shape index (κ1) is 81.4. The Morgan fingerprint density at radius 3 is 1.41 bits per heavy atom. The molecule has 113 heavy (non-hydrogen) atoms. The fraction of sp³-hybridized carbons (Fsp3) is 0.605. The van der Waals surface area contributed by atoms with Crippen LogP contribution < -0.4 is 29.6 Å². The number of ether oxygens (including phenoxy) is 7. The van der Waals surface area contributed by atoms with Gasteiger partial charge in [-0.05, 0) is 150 Å². The summed E-state index contributed by atoms with van der Waals surface area (Å²) in [5.74, 6) is 0.865. The van der Waals surface area contributed by atoms with Crippen LogP contribution in [0.3, 0.4) is 0 Å². The number of hydrogen-bond donors (Lipinski definition) is 4. The third-order valence-electron chi connectivity index (χ3n) is 24.6. The van der Waals surface area contributed by atoms with E-state index in [-0.39, 0.29) is 111 Å². The smallest absolute Gasteiger partial charge is 0.310 e. The Hall–Kier alpha value is -9.66. The Bertz CT molecular complexity index is 4580. The van der Waals surface area contributed by atoms with Crippen LogP contribution in [0.5, 0.6) is 23.0 Å². The Morgan fingerprint density at radius 2 is 1.02 bits per heavy atom. The highest BCUT2D eigenvalue weighted by atomic mass is 16.6. The minimum absolute atomic E-state index is 0.0628. The molecule has 2 unspecified atom stereocenters. The van der Waals surface area contributed by atoms with E-state index in [0.29, 0.717) is 124 Å². The molecule has 6 aromatic rings. The third kappa shape index (κ3) is 18.3. The summed E-state index contributed by atoms with van der Waals surface area (Å²) in [5, 5.41) is 37.7. The number of likely N-dealkylation sites (tertiary alicyclic amines) is 2. The van der Waals surface area contributed by atoms with Crippen molar-refractivity contribution in [3.8, 4) is 34.6 Å². The molecule has 27 heteroatoms. The molecule has 2 amide bonds. The van der Waals surface area contributed by atoms with Gasteiger partial charge in [-0.1, -0.05) is 61.0 Å². The average molecular weight is 1560 g/mol. The number of aromatic nitrogens is 6. The first-order chi connectivity index (χ1) is 53.7. The zero-order chi connectivity index (χ0) is 80.9. The number of benzene rings is 2. The molecular formula is C86H112N10O17. The van der Waals surface area contributed by atoms with Crippen molar-refractivity contribution in [2.24, 2.45) is 69.0 Å². The topological polar surface area (TPSA) is 334 Å². The Morgan fingerprint density at radius 1 is 0.575 bits per heavy atom. The van der Waals surface area contributed by atoms with Crippen LogP contribution in [-0.4, -0.2) is 186 Å². The number of hydrogen-bond acceptors (Lipinski definition) is 21. The molecule has 0 spiro atoms. The molecule has 6 saturated carbocycles. The lowest BCUT2D eigenvalue weighted by Gasteiger charge is -2.35. The van der Waals surface area contributed by atoms with E-state index >= 15 is 0 Å². The summed E-state index contributed by atoms with van der Waals surface area (Å²) in [7, 11) is 3.19. The van der Waals surface area contributed by atoms with Gasteiger partial charge in [0.15, 0.2) is 23.2 Å². The van der Waals surface area contributed by atoms with E-state index < -0.39 is 81.7 Å². The molecule has 6 aliphatic carbocycles. The summed E-state index contributed by atoms with van der Waals surface area (Å²) in [5.41, 5.74) is -2.49. The fourth-order valence-electron chi connectivity index (χ4n) is 17.8. The predicted molar refractivity (Wildman–Crippen MR) is 421 cm³/mol. The van der Waals surface area contributed by atoms with E-state index in [1.165, 1.54) is 17.7 Å². The van der Waals surface area contributed by atoms with Crippen molar-refractivity contribution >= 4 is 80.7 Å². The lowest BCUT2D eigenvalue weighted by Crippen LogP contribution is -2.48. The molecule has 8 fully saturated rings. The number of methoxy groups -OCH3 is 2. The number of carbonyl (C=O) groups excluding carboxylic acids is 6. The number of esters is 2. The number of nitrogens with zero attached hydrogens (tertiary/aromatic N) is 8. The highest BCUT2D eigenvalue weighted by Gasteiger charge is 2.63. The summed E-state index contributed by atoms with van der Waals surface area (Å²) >= 11 is 0. The second-order valence-electron chi connectivity index (χ2n) is 35.7. The molecule has 14 rings (SSSR count). The first-order valence-corrected chi connectivity index (χ1v) is 40.3. The highest BCUT2D eigenvalue weighted by molar-refractivity contribution is 5.97. The van der Waals surface area contributed by atoms with Crippen molar-refractivity contribution < 1.29 is 81.7 Å². The second kappa shape index (κ2) is 32.7. The standard InChI is InChI=1S/C44H59N5O9.C42H53N5O8/c1-8-28-22-44(28,42(53)54)23-36(50)35-19-31(24-48(35)41(52)33(43(4,5)6)20-40(51)58-30-16-26-15-27(26)17-30)57-37-21-39(49-12-11-38(47-49)45-25(2)3)46-34-18-29(9-10-32(34)37)56-14-13-55-7;1-8-26-20-42(26,40(51)52)21-34(48)33-17-29(22-46(33)39(50)31(41(4,5)6)18-38(49)55-28-14-24-13-25(24)15-28)54-35-19-37(47-12-11-36(45-47)43-23(2)3)44-32-16-27(53-7)9-10-30(32)35/h9-12,18,21,25-28,30-31,33,35H,8,13-17,19-20,22-24H2,1-7H3,(H,45,47)(H,53,54);8-12,16,19,23-26,28-29,31,33H,1,13-15,17-18,20-22H2,2-7H3,(H,43,45)(H,51,52)/t26-,27+,28-,30?,31-,33-,35+,44-;24-,25+,26-,28?,29-,31-,33+,42-/m11/s1. The number of allylic oxidation sites excluding steroid dienone is 1. The van der Waals surface area contributed by atoms with Crippen LogP contribution in [0.15, 0.2) is 85.7 Å². The molecule has 608 valence electrons. The molecule has 16 atom stereocenters. The van der Waals surface area contributed by atoms with Gasteiger partial charge in [-0.25, -0.2) is 19.3 Å². The van der Waals surface area contributed by atoms with Gasteiger partial charge in [-0.2, -0.15) is 0 Å². The van der Waals surface area contributed by atoms with E-state index in [4.69, 9.17) is 43.1 Å². The van der Waals surface area contributed by atoms with Crippen LogP contribution in [0.25, 0.3) is 33.4 Å². The first-order valence-electron chi connectivity index (χ1n) is 40.3. The van der Waals surface area contributed by atoms with Crippen molar-refractivity contribution in [3.05, 3.63) is 85.7 Å². The van der Waals surface area contributed by atoms with Gasteiger partial charge in [0.05, 0.1) is 85.4 Å². The molecule has 4 aromatic heterocycles. The maximum absolute atomic E-state index is 14.8. The number of carbonyl (C=O) groups is 8. The molecule has 27 nitrogen and oxygen atoms in total. The van der Waals surface area contributed by atoms with Crippen LogP contribution in [-0.2, 0) is 52.6 Å². The van der Waals surface area contributed by atoms with E-state index in [1.54, 1.807) is 65.2 Å². The molecule has 6 heterocycles. The molecule has 2 aliphatic heterocycles. The number of Topliss-reactive ketones (excluding diaryl/α,β-unsaturated/α-hetero) is 2. The number of pyridine rings is 2. The minimum atomic E-state index is -1.25. The molecule has 0 bridgehead atoms. The molecular weight excluding hydrogens is 1440 g/mol. The van der Waals surface area contributed by atoms with Gasteiger partial charge in [0, 0.05) is 104 Å². The van der Waals surface area contributed by atoms with E-state index in [2.05, 4.69) is 27.4 Å². The number of ketones is 2. The van der Waals surface area contributed by atoms with Gasteiger partial charge in [0.25, 0.3) is 0 Å². The Labute approximate surface area is 660 Å². The number of fused-ring (bicyclic) bond motifs is 4. The summed E-state index contributed by atoms with van der Waals surface area (Å²) in [4.78, 5) is 123. The van der Waals surface area contributed by atoms with Crippen molar-refractivity contribution in [2.75, 3.05) is 51.2 Å². The third-order valence-corrected chi connectivity index (χ3v) is 24.6. The molecule has 2 aromatic carbocycles. The van der Waals surface area contributed by atoms with E-state index in [0.717, 1.165) is 25.7 Å². The monoisotopic (exact) mass is 1560 g/mol. The largest absolute Gasteiger partial charge is 0.497 e. The Kier molecular flexibility index (Phi) is 23.5. The van der Waals surface area contributed by atoms with Crippen LogP contribution in [0.1, 0.15) is 172 Å². The van der Waals surface area contributed by atoms with Crippen LogP contribution in [0, 0.1) is 69.0 Å². The second-order valence-corrected chi connectivity index (χ2v) is 35.7. The van der Waals surface area contributed by atoms with Crippen molar-refractivity contribution in [1.82, 2.24) is 39.3 Å². The highest BCUT2D eigenvalue weighted by Crippen LogP contribution is 2.59. The van der Waals surface area contributed by atoms with Gasteiger partial charge in [0.1, 0.15) is 65.7 Å². The van der Waals surface area contributed by atoms with Crippen molar-refractivity contribution in [2.45, 2.75) is 221 Å². The number of amides is 2. The molecule has 2 saturated heterocycles. The summed E-state index contributed by atoms with van der Waals surface area (Å²) in [6.07, 6.45) is 10.6.